The second-order valence-corrected chi connectivity index (χ2v) is 10.2. The van der Waals surface area contributed by atoms with Crippen molar-refractivity contribution in [3.8, 4) is 0 Å². The van der Waals surface area contributed by atoms with Gasteiger partial charge in [-0.15, -0.1) is 0 Å². The number of benzene rings is 2. The first-order chi connectivity index (χ1) is 16.9. The van der Waals surface area contributed by atoms with Gasteiger partial charge in [0, 0.05) is 32.5 Å². The highest BCUT2D eigenvalue weighted by atomic mass is 16.2. The first-order valence-electron chi connectivity index (χ1n) is 12.9. The minimum absolute atomic E-state index is 0.00806. The largest absolute Gasteiger partial charge is 0.341 e. The Labute approximate surface area is 208 Å². The van der Waals surface area contributed by atoms with Gasteiger partial charge in [0.25, 0.3) is 0 Å². The lowest BCUT2D eigenvalue weighted by Crippen LogP contribution is -2.62. The summed E-state index contributed by atoms with van der Waals surface area (Å²) in [5.41, 5.74) is 2.17. The van der Waals surface area contributed by atoms with Gasteiger partial charge in [-0.05, 0) is 36.3 Å². The van der Waals surface area contributed by atoms with E-state index in [1.54, 1.807) is 4.90 Å². The number of hydrogen-bond donors (Lipinski definition) is 0. The summed E-state index contributed by atoms with van der Waals surface area (Å²) in [5.74, 6) is 0.428. The van der Waals surface area contributed by atoms with Gasteiger partial charge < -0.3 is 14.7 Å². The summed E-state index contributed by atoms with van der Waals surface area (Å²) in [5, 5.41) is 0. The highest BCUT2D eigenvalue weighted by Gasteiger charge is 2.44. The van der Waals surface area contributed by atoms with Crippen LogP contribution in [0.15, 0.2) is 60.7 Å². The molecule has 3 amide bonds. The summed E-state index contributed by atoms with van der Waals surface area (Å²) in [6, 6.07) is 19.2. The van der Waals surface area contributed by atoms with Crippen LogP contribution in [0, 0.1) is 5.92 Å². The molecular weight excluding hydrogens is 438 g/mol. The van der Waals surface area contributed by atoms with E-state index in [0.29, 0.717) is 51.2 Å². The van der Waals surface area contributed by atoms with Crippen LogP contribution in [-0.4, -0.2) is 70.7 Å². The Kier molecular flexibility index (Phi) is 8.21. The Morgan fingerprint density at radius 1 is 0.971 bits per heavy atom. The van der Waals surface area contributed by atoms with Crippen LogP contribution in [-0.2, 0) is 27.2 Å². The van der Waals surface area contributed by atoms with Crippen LogP contribution < -0.4 is 0 Å². The molecule has 0 spiro atoms. The van der Waals surface area contributed by atoms with Crippen molar-refractivity contribution in [2.24, 2.45) is 5.92 Å². The van der Waals surface area contributed by atoms with Gasteiger partial charge in [-0.2, -0.15) is 0 Å². The molecule has 0 saturated carbocycles. The summed E-state index contributed by atoms with van der Waals surface area (Å²) in [6.07, 6.45) is 3.19. The van der Waals surface area contributed by atoms with E-state index >= 15 is 0 Å². The summed E-state index contributed by atoms with van der Waals surface area (Å²) < 4.78 is 0. The van der Waals surface area contributed by atoms with Crippen LogP contribution in [0.5, 0.6) is 0 Å². The molecule has 0 aromatic heterocycles. The number of hydrogen-bond acceptors (Lipinski definition) is 3. The van der Waals surface area contributed by atoms with Gasteiger partial charge in [-0.25, -0.2) is 0 Å². The van der Waals surface area contributed by atoms with Crippen LogP contribution in [0.1, 0.15) is 44.2 Å². The lowest BCUT2D eigenvalue weighted by atomic mass is 9.99. The third-order valence-corrected chi connectivity index (χ3v) is 7.17. The van der Waals surface area contributed by atoms with E-state index in [0.717, 1.165) is 17.5 Å². The first kappa shape index (κ1) is 25.0. The van der Waals surface area contributed by atoms with Crippen molar-refractivity contribution >= 4 is 17.7 Å². The van der Waals surface area contributed by atoms with Crippen molar-refractivity contribution in [1.82, 2.24) is 14.7 Å². The fraction of sp³-hybridized carbons (Fsp3) is 0.483. The number of carbonyl (C=O) groups excluding carboxylic acids is 3. The SMILES string of the molecule is CC(C)CCN1CC[C@@H]2CN(C(=O)CCc3ccccc3)CC(=O)N2[C@@H](Cc2ccccc2)C1=O. The second kappa shape index (κ2) is 11.5. The molecule has 0 N–H and O–H groups in total. The summed E-state index contributed by atoms with van der Waals surface area (Å²) in [6.45, 7) is 6.20. The lowest BCUT2D eigenvalue weighted by molar-refractivity contribution is -0.154. The van der Waals surface area contributed by atoms with Crippen LogP contribution in [0.2, 0.25) is 0 Å². The number of piperazine rings is 1. The molecule has 2 aromatic carbocycles. The summed E-state index contributed by atoms with van der Waals surface area (Å²) in [4.78, 5) is 45.6. The number of rotatable bonds is 8. The maximum Gasteiger partial charge on any atom is 0.245 e. The van der Waals surface area contributed by atoms with E-state index in [-0.39, 0.29) is 30.3 Å². The monoisotopic (exact) mass is 475 g/mol. The average Bonchev–Trinajstić information content (AvgIpc) is 2.99. The summed E-state index contributed by atoms with van der Waals surface area (Å²) >= 11 is 0. The van der Waals surface area contributed by atoms with E-state index in [9.17, 15) is 14.4 Å². The van der Waals surface area contributed by atoms with Crippen molar-refractivity contribution in [2.75, 3.05) is 26.2 Å². The molecule has 4 rings (SSSR count). The van der Waals surface area contributed by atoms with Crippen molar-refractivity contribution in [1.29, 1.82) is 0 Å². The molecule has 2 aromatic rings. The van der Waals surface area contributed by atoms with Gasteiger partial charge in [0.05, 0.1) is 12.6 Å². The molecule has 35 heavy (non-hydrogen) atoms. The molecule has 2 aliphatic heterocycles. The number of nitrogens with zero attached hydrogens (tertiary/aromatic N) is 3. The molecule has 0 radical (unpaired) electrons. The van der Waals surface area contributed by atoms with Crippen LogP contribution >= 0.6 is 0 Å². The number of amides is 3. The topological polar surface area (TPSA) is 60.9 Å². The van der Waals surface area contributed by atoms with Crippen molar-refractivity contribution in [2.45, 2.75) is 58.0 Å². The molecule has 2 saturated heterocycles. The molecule has 0 aliphatic carbocycles. The molecule has 2 fully saturated rings. The minimum atomic E-state index is -0.522. The Balaban J connectivity index is 1.50. The first-order valence-corrected chi connectivity index (χ1v) is 12.9. The third kappa shape index (κ3) is 6.30. The zero-order chi connectivity index (χ0) is 24.8. The molecule has 2 atom stereocenters. The second-order valence-electron chi connectivity index (χ2n) is 10.2. The van der Waals surface area contributed by atoms with Gasteiger partial charge >= 0.3 is 0 Å². The van der Waals surface area contributed by atoms with Crippen molar-refractivity contribution in [3.63, 3.8) is 0 Å². The Hall–Kier alpha value is -3.15. The van der Waals surface area contributed by atoms with Gasteiger partial charge in [0.15, 0.2) is 0 Å². The smallest absolute Gasteiger partial charge is 0.245 e. The van der Waals surface area contributed by atoms with E-state index in [4.69, 9.17) is 0 Å². The van der Waals surface area contributed by atoms with Gasteiger partial charge in [0.2, 0.25) is 17.7 Å². The van der Waals surface area contributed by atoms with Gasteiger partial charge in [0.1, 0.15) is 6.04 Å². The fourth-order valence-corrected chi connectivity index (χ4v) is 5.16. The molecule has 6 nitrogen and oxygen atoms in total. The zero-order valence-corrected chi connectivity index (χ0v) is 20.9. The van der Waals surface area contributed by atoms with Crippen molar-refractivity contribution < 1.29 is 14.4 Å². The maximum atomic E-state index is 13.7. The summed E-state index contributed by atoms with van der Waals surface area (Å²) in [7, 11) is 0. The van der Waals surface area contributed by atoms with E-state index in [1.165, 1.54) is 0 Å². The number of fused-ring (bicyclic) bond motifs is 1. The molecule has 0 unspecified atom stereocenters. The molecule has 186 valence electrons. The molecule has 2 aliphatic rings. The number of aryl methyl sites for hydroxylation is 1. The quantitative estimate of drug-likeness (QED) is 0.587. The van der Waals surface area contributed by atoms with Crippen LogP contribution in [0.25, 0.3) is 0 Å². The Morgan fingerprint density at radius 2 is 1.63 bits per heavy atom. The fourth-order valence-electron chi connectivity index (χ4n) is 5.16. The predicted molar refractivity (Wildman–Crippen MR) is 137 cm³/mol. The Bertz CT molecular complexity index is 1010. The zero-order valence-electron chi connectivity index (χ0n) is 20.9. The standard InChI is InChI=1S/C29H37N3O3/c1-22(2)15-17-30-18-16-25-20-31(27(33)14-13-23-9-5-3-6-10-23)21-28(34)32(25)26(29(30)35)19-24-11-7-4-8-12-24/h3-12,22,25-26H,13-21H2,1-2H3/t25-,26+/m1/s1. The molecule has 6 heteroatoms. The van der Waals surface area contributed by atoms with Gasteiger partial charge in [-0.1, -0.05) is 74.5 Å². The average molecular weight is 476 g/mol. The third-order valence-electron chi connectivity index (χ3n) is 7.17. The van der Waals surface area contributed by atoms with Crippen molar-refractivity contribution in [3.05, 3.63) is 71.8 Å². The molecular formula is C29H37N3O3. The highest BCUT2D eigenvalue weighted by Crippen LogP contribution is 2.26. The minimum Gasteiger partial charge on any atom is -0.341 e. The lowest BCUT2D eigenvalue weighted by Gasteiger charge is -2.43. The maximum absolute atomic E-state index is 13.7. The number of carbonyl (C=O) groups is 3. The van der Waals surface area contributed by atoms with Crippen LogP contribution in [0.4, 0.5) is 0 Å². The normalized spacial score (nSPS) is 20.7. The van der Waals surface area contributed by atoms with E-state index < -0.39 is 6.04 Å². The van der Waals surface area contributed by atoms with Crippen LogP contribution in [0.3, 0.4) is 0 Å². The Morgan fingerprint density at radius 3 is 2.29 bits per heavy atom. The van der Waals surface area contributed by atoms with Gasteiger partial charge in [-0.3, -0.25) is 14.4 Å². The predicted octanol–water partition coefficient (Wildman–Crippen LogP) is 3.55. The van der Waals surface area contributed by atoms with E-state index in [1.807, 2.05) is 70.5 Å². The molecule has 2 heterocycles. The van der Waals surface area contributed by atoms with E-state index in [2.05, 4.69) is 13.8 Å². The highest BCUT2D eigenvalue weighted by molar-refractivity contribution is 5.92. The molecule has 0 bridgehead atoms.